The molecule has 1 aromatic carbocycles. The molecule has 0 saturated carbocycles. The minimum absolute atomic E-state index is 0.0291. The van der Waals surface area contributed by atoms with Crippen LogP contribution in [0.2, 0.25) is 0 Å². The molecule has 1 aromatic rings. The number of hydrogen-bond acceptors (Lipinski definition) is 4. The van der Waals surface area contributed by atoms with Crippen LogP contribution in [0.15, 0.2) is 24.3 Å². The van der Waals surface area contributed by atoms with E-state index in [4.69, 9.17) is 0 Å². The molecule has 0 radical (unpaired) electrons. The van der Waals surface area contributed by atoms with Crippen LogP contribution in [0, 0.1) is 0 Å². The normalized spacial score (nSPS) is 20.1. The lowest BCUT2D eigenvalue weighted by Gasteiger charge is -2.37. The van der Waals surface area contributed by atoms with Crippen LogP contribution >= 0.6 is 0 Å². The number of amides is 2. The molecule has 1 unspecified atom stereocenters. The summed E-state index contributed by atoms with van der Waals surface area (Å²) in [5.41, 5.74) is 2.12. The Morgan fingerprint density at radius 2 is 1.47 bits per heavy atom. The highest BCUT2D eigenvalue weighted by molar-refractivity contribution is 5.94. The highest BCUT2D eigenvalue weighted by atomic mass is 16.2. The predicted octanol–water partition coefficient (Wildman–Crippen LogP) is 3.16. The number of likely N-dealkylation sites (tertiary alicyclic amines) is 1. The van der Waals surface area contributed by atoms with E-state index in [1.165, 1.54) is 18.4 Å². The summed E-state index contributed by atoms with van der Waals surface area (Å²) in [5.74, 6) is 0.776. The summed E-state index contributed by atoms with van der Waals surface area (Å²) < 4.78 is 0. The van der Waals surface area contributed by atoms with Crippen LogP contribution in [0.3, 0.4) is 0 Å². The van der Waals surface area contributed by atoms with Gasteiger partial charge < -0.3 is 10.2 Å². The standard InChI is InChI=1S/C24H38N4O2/c1-19(2)21-8-10-22(11-9-21)25-24(30)20(3)27-16-14-26(15-17-27)18-23(29)28-12-6-4-5-7-13-28/h8-11,19-20H,4-7,12-18H2,1-3H3,(H,25,30). The van der Waals surface area contributed by atoms with Crippen molar-refractivity contribution in [2.24, 2.45) is 0 Å². The van der Waals surface area contributed by atoms with Gasteiger partial charge in [0, 0.05) is 45.0 Å². The van der Waals surface area contributed by atoms with E-state index in [0.29, 0.717) is 12.5 Å². The maximum atomic E-state index is 12.7. The third-order valence-corrected chi connectivity index (χ3v) is 6.50. The van der Waals surface area contributed by atoms with Crippen molar-refractivity contribution >= 4 is 17.5 Å². The van der Waals surface area contributed by atoms with Crippen molar-refractivity contribution in [3.63, 3.8) is 0 Å². The van der Waals surface area contributed by atoms with Gasteiger partial charge in [0.2, 0.25) is 11.8 Å². The lowest BCUT2D eigenvalue weighted by molar-refractivity contribution is -0.133. The highest BCUT2D eigenvalue weighted by Crippen LogP contribution is 2.18. The van der Waals surface area contributed by atoms with Crippen molar-refractivity contribution in [2.45, 2.75) is 58.4 Å². The number of rotatable bonds is 6. The van der Waals surface area contributed by atoms with Gasteiger partial charge in [-0.1, -0.05) is 38.8 Å². The van der Waals surface area contributed by atoms with Crippen LogP contribution in [0.25, 0.3) is 0 Å². The number of carbonyl (C=O) groups is 2. The van der Waals surface area contributed by atoms with Crippen molar-refractivity contribution in [3.8, 4) is 0 Å². The zero-order valence-electron chi connectivity index (χ0n) is 18.9. The largest absolute Gasteiger partial charge is 0.342 e. The molecule has 3 rings (SSSR count). The van der Waals surface area contributed by atoms with E-state index in [0.717, 1.165) is 57.8 Å². The third kappa shape index (κ3) is 6.29. The van der Waals surface area contributed by atoms with Gasteiger partial charge in [0.15, 0.2) is 0 Å². The molecule has 2 fully saturated rings. The molecule has 2 saturated heterocycles. The molecule has 0 aromatic heterocycles. The smallest absolute Gasteiger partial charge is 0.241 e. The molecule has 2 heterocycles. The van der Waals surface area contributed by atoms with Gasteiger partial charge in [0.25, 0.3) is 0 Å². The zero-order chi connectivity index (χ0) is 21.5. The summed E-state index contributed by atoms with van der Waals surface area (Å²) >= 11 is 0. The van der Waals surface area contributed by atoms with Crippen LogP contribution in [-0.4, -0.2) is 78.4 Å². The van der Waals surface area contributed by atoms with E-state index in [1.54, 1.807) is 0 Å². The number of nitrogens with one attached hydrogen (secondary N) is 1. The Hall–Kier alpha value is -1.92. The fourth-order valence-electron chi connectivity index (χ4n) is 4.28. The Labute approximate surface area is 181 Å². The quantitative estimate of drug-likeness (QED) is 0.777. The van der Waals surface area contributed by atoms with Gasteiger partial charge in [0.05, 0.1) is 12.6 Å². The molecule has 0 aliphatic carbocycles. The zero-order valence-corrected chi connectivity index (χ0v) is 18.9. The van der Waals surface area contributed by atoms with Crippen molar-refractivity contribution in [3.05, 3.63) is 29.8 Å². The fourth-order valence-corrected chi connectivity index (χ4v) is 4.28. The molecule has 2 amide bonds. The summed E-state index contributed by atoms with van der Waals surface area (Å²) in [4.78, 5) is 31.8. The molecule has 6 heteroatoms. The fraction of sp³-hybridized carbons (Fsp3) is 0.667. The van der Waals surface area contributed by atoms with Crippen LogP contribution < -0.4 is 5.32 Å². The second-order valence-corrected chi connectivity index (χ2v) is 9.05. The van der Waals surface area contributed by atoms with Crippen molar-refractivity contribution in [2.75, 3.05) is 51.1 Å². The Bertz CT molecular complexity index is 688. The maximum Gasteiger partial charge on any atom is 0.241 e. The number of hydrogen-bond donors (Lipinski definition) is 1. The number of piperazine rings is 1. The van der Waals surface area contributed by atoms with E-state index in [-0.39, 0.29) is 17.9 Å². The summed E-state index contributed by atoms with van der Waals surface area (Å²) in [6.45, 7) is 11.9. The Balaban J connectivity index is 1.43. The minimum atomic E-state index is -0.182. The van der Waals surface area contributed by atoms with Crippen LogP contribution in [-0.2, 0) is 9.59 Å². The van der Waals surface area contributed by atoms with Crippen LogP contribution in [0.1, 0.15) is 57.9 Å². The van der Waals surface area contributed by atoms with Crippen molar-refractivity contribution in [1.82, 2.24) is 14.7 Å². The van der Waals surface area contributed by atoms with E-state index in [9.17, 15) is 9.59 Å². The van der Waals surface area contributed by atoms with E-state index in [1.807, 2.05) is 24.0 Å². The number of carbonyl (C=O) groups excluding carboxylic acids is 2. The number of nitrogens with zero attached hydrogens (tertiary/aromatic N) is 3. The Morgan fingerprint density at radius 3 is 2.03 bits per heavy atom. The molecule has 2 aliphatic heterocycles. The second kappa shape index (κ2) is 10.9. The molecule has 1 N–H and O–H groups in total. The molecular weight excluding hydrogens is 376 g/mol. The Kier molecular flexibility index (Phi) is 8.28. The number of anilines is 1. The van der Waals surface area contributed by atoms with E-state index >= 15 is 0 Å². The summed E-state index contributed by atoms with van der Waals surface area (Å²) in [6, 6.07) is 7.92. The van der Waals surface area contributed by atoms with E-state index in [2.05, 4.69) is 41.1 Å². The molecule has 2 aliphatic rings. The first kappa shape index (κ1) is 22.8. The average molecular weight is 415 g/mol. The van der Waals surface area contributed by atoms with Crippen molar-refractivity contribution in [1.29, 1.82) is 0 Å². The molecule has 166 valence electrons. The van der Waals surface area contributed by atoms with Gasteiger partial charge in [-0.3, -0.25) is 19.4 Å². The molecular formula is C24H38N4O2. The van der Waals surface area contributed by atoms with Gasteiger partial charge in [-0.05, 0) is 43.4 Å². The lowest BCUT2D eigenvalue weighted by atomic mass is 10.0. The molecule has 30 heavy (non-hydrogen) atoms. The average Bonchev–Trinajstić information content (AvgIpc) is 3.04. The molecule has 0 spiro atoms. The van der Waals surface area contributed by atoms with Gasteiger partial charge >= 0.3 is 0 Å². The maximum absolute atomic E-state index is 12.7. The van der Waals surface area contributed by atoms with Gasteiger partial charge in [-0.15, -0.1) is 0 Å². The SMILES string of the molecule is CC(C)c1ccc(NC(=O)C(C)N2CCN(CC(=O)N3CCCCCC3)CC2)cc1. The van der Waals surface area contributed by atoms with Crippen LogP contribution in [0.4, 0.5) is 5.69 Å². The van der Waals surface area contributed by atoms with Gasteiger partial charge in [-0.25, -0.2) is 0 Å². The van der Waals surface area contributed by atoms with Crippen molar-refractivity contribution < 1.29 is 9.59 Å². The highest BCUT2D eigenvalue weighted by Gasteiger charge is 2.27. The second-order valence-electron chi connectivity index (χ2n) is 9.05. The third-order valence-electron chi connectivity index (χ3n) is 6.50. The molecule has 1 atom stereocenters. The lowest BCUT2D eigenvalue weighted by Crippen LogP contribution is -2.54. The first-order valence-corrected chi connectivity index (χ1v) is 11.6. The van der Waals surface area contributed by atoms with Gasteiger partial charge in [0.1, 0.15) is 0 Å². The molecule has 0 bridgehead atoms. The first-order chi connectivity index (χ1) is 14.4. The molecule has 6 nitrogen and oxygen atoms in total. The number of benzene rings is 1. The summed E-state index contributed by atoms with van der Waals surface area (Å²) in [5, 5.41) is 3.04. The predicted molar refractivity (Wildman–Crippen MR) is 122 cm³/mol. The van der Waals surface area contributed by atoms with Gasteiger partial charge in [-0.2, -0.15) is 0 Å². The minimum Gasteiger partial charge on any atom is -0.342 e. The monoisotopic (exact) mass is 414 g/mol. The topological polar surface area (TPSA) is 55.9 Å². The Morgan fingerprint density at radius 1 is 0.867 bits per heavy atom. The summed E-state index contributed by atoms with van der Waals surface area (Å²) in [6.07, 6.45) is 4.74. The van der Waals surface area contributed by atoms with E-state index < -0.39 is 0 Å². The first-order valence-electron chi connectivity index (χ1n) is 11.6. The van der Waals surface area contributed by atoms with Crippen LogP contribution in [0.5, 0.6) is 0 Å². The summed E-state index contributed by atoms with van der Waals surface area (Å²) in [7, 11) is 0.